The summed E-state index contributed by atoms with van der Waals surface area (Å²) in [5, 5.41) is 9.09. The second kappa shape index (κ2) is 4.47. The standard InChI is InChI=1S/C13H16O4/c1-13(2)16-10(11(17-13)12(14)15)8-9-6-4-3-5-7-9/h3-7,10-11H,8H2,1-2H3,(H,14,15)/t10-,11-/m0/s1. The van der Waals surface area contributed by atoms with Gasteiger partial charge in [0.25, 0.3) is 0 Å². The maximum absolute atomic E-state index is 11.1. The predicted molar refractivity (Wildman–Crippen MR) is 61.6 cm³/mol. The first-order chi connectivity index (χ1) is 7.98. The molecule has 1 saturated heterocycles. The van der Waals surface area contributed by atoms with Crippen LogP contribution in [-0.2, 0) is 20.7 Å². The minimum absolute atomic E-state index is 0.440. The molecule has 0 saturated carbocycles. The second-order valence-corrected chi connectivity index (χ2v) is 4.62. The van der Waals surface area contributed by atoms with Crippen molar-refractivity contribution in [2.75, 3.05) is 0 Å². The Bertz CT molecular complexity index is 399. The summed E-state index contributed by atoms with van der Waals surface area (Å²) in [4.78, 5) is 11.1. The Morgan fingerprint density at radius 3 is 2.53 bits per heavy atom. The minimum atomic E-state index is -0.975. The van der Waals surface area contributed by atoms with E-state index in [0.29, 0.717) is 6.42 Å². The van der Waals surface area contributed by atoms with Gasteiger partial charge in [0.2, 0.25) is 0 Å². The van der Waals surface area contributed by atoms with Gasteiger partial charge in [-0.2, -0.15) is 0 Å². The molecule has 1 N–H and O–H groups in total. The minimum Gasteiger partial charge on any atom is -0.479 e. The number of carboxylic acids is 1. The lowest BCUT2D eigenvalue weighted by Gasteiger charge is -2.16. The fraction of sp³-hybridized carbons (Fsp3) is 0.462. The smallest absolute Gasteiger partial charge is 0.335 e. The van der Waals surface area contributed by atoms with E-state index in [0.717, 1.165) is 5.56 Å². The molecule has 0 bridgehead atoms. The maximum atomic E-state index is 11.1. The largest absolute Gasteiger partial charge is 0.479 e. The number of benzene rings is 1. The average molecular weight is 236 g/mol. The molecule has 0 unspecified atom stereocenters. The zero-order chi connectivity index (χ0) is 12.5. The molecule has 0 radical (unpaired) electrons. The second-order valence-electron chi connectivity index (χ2n) is 4.62. The molecule has 92 valence electrons. The van der Waals surface area contributed by atoms with Crippen LogP contribution < -0.4 is 0 Å². The molecule has 2 rings (SSSR count). The lowest BCUT2D eigenvalue weighted by atomic mass is 10.0. The maximum Gasteiger partial charge on any atom is 0.335 e. The van der Waals surface area contributed by atoms with Gasteiger partial charge in [0.05, 0.1) is 0 Å². The van der Waals surface area contributed by atoms with Gasteiger partial charge in [0, 0.05) is 6.42 Å². The Morgan fingerprint density at radius 1 is 1.29 bits per heavy atom. The number of rotatable bonds is 3. The molecular weight excluding hydrogens is 220 g/mol. The summed E-state index contributed by atoms with van der Waals surface area (Å²) >= 11 is 0. The molecule has 1 aromatic rings. The molecule has 2 atom stereocenters. The topological polar surface area (TPSA) is 55.8 Å². The van der Waals surface area contributed by atoms with Gasteiger partial charge in [-0.25, -0.2) is 4.79 Å². The van der Waals surface area contributed by atoms with Crippen LogP contribution in [0.25, 0.3) is 0 Å². The van der Waals surface area contributed by atoms with Gasteiger partial charge in [-0.15, -0.1) is 0 Å². The number of carbonyl (C=O) groups is 1. The Balaban J connectivity index is 2.12. The van der Waals surface area contributed by atoms with Gasteiger partial charge in [-0.3, -0.25) is 0 Å². The van der Waals surface area contributed by atoms with Crippen LogP contribution in [-0.4, -0.2) is 29.1 Å². The van der Waals surface area contributed by atoms with Crippen LogP contribution >= 0.6 is 0 Å². The summed E-state index contributed by atoms with van der Waals surface area (Å²) in [7, 11) is 0. The van der Waals surface area contributed by atoms with E-state index in [9.17, 15) is 4.79 Å². The van der Waals surface area contributed by atoms with Crippen molar-refractivity contribution in [3.05, 3.63) is 35.9 Å². The van der Waals surface area contributed by atoms with Gasteiger partial charge in [0.15, 0.2) is 11.9 Å². The van der Waals surface area contributed by atoms with Crippen LogP contribution in [0.5, 0.6) is 0 Å². The molecular formula is C13H16O4. The summed E-state index contributed by atoms with van der Waals surface area (Å²) in [6, 6.07) is 9.67. The van der Waals surface area contributed by atoms with Crippen molar-refractivity contribution in [3.8, 4) is 0 Å². The fourth-order valence-corrected chi connectivity index (χ4v) is 2.04. The highest BCUT2D eigenvalue weighted by Gasteiger charge is 2.45. The van der Waals surface area contributed by atoms with E-state index in [4.69, 9.17) is 14.6 Å². The molecule has 1 heterocycles. The van der Waals surface area contributed by atoms with Crippen molar-refractivity contribution >= 4 is 5.97 Å². The van der Waals surface area contributed by atoms with E-state index in [1.165, 1.54) is 0 Å². The molecule has 0 amide bonds. The van der Waals surface area contributed by atoms with Crippen molar-refractivity contribution in [3.63, 3.8) is 0 Å². The highest BCUT2D eigenvalue weighted by Crippen LogP contribution is 2.30. The van der Waals surface area contributed by atoms with Crippen LogP contribution in [0.1, 0.15) is 19.4 Å². The number of carboxylic acid groups (broad SMARTS) is 1. The number of ether oxygens (including phenoxy) is 2. The SMILES string of the molecule is CC1(C)O[C@@H](Cc2ccccc2)[C@@H](C(=O)O)O1. The Labute approximate surface area is 100 Å². The van der Waals surface area contributed by atoms with Crippen LogP contribution in [0.15, 0.2) is 30.3 Å². The fourth-order valence-electron chi connectivity index (χ4n) is 2.04. The summed E-state index contributed by atoms with van der Waals surface area (Å²) < 4.78 is 11.0. The van der Waals surface area contributed by atoms with Crippen molar-refractivity contribution < 1.29 is 19.4 Å². The third kappa shape index (κ3) is 2.84. The third-order valence-corrected chi connectivity index (χ3v) is 2.71. The molecule has 1 fully saturated rings. The summed E-state index contributed by atoms with van der Waals surface area (Å²) in [6.45, 7) is 3.46. The van der Waals surface area contributed by atoms with Crippen molar-refractivity contribution in [2.24, 2.45) is 0 Å². The Hall–Kier alpha value is -1.39. The van der Waals surface area contributed by atoms with Crippen molar-refractivity contribution in [1.29, 1.82) is 0 Å². The summed E-state index contributed by atoms with van der Waals surface area (Å²) in [5.41, 5.74) is 1.05. The Morgan fingerprint density at radius 2 is 1.94 bits per heavy atom. The lowest BCUT2D eigenvalue weighted by Crippen LogP contribution is -2.32. The predicted octanol–water partition coefficient (Wildman–Crippen LogP) is 1.83. The molecule has 4 nitrogen and oxygen atoms in total. The number of aliphatic carboxylic acids is 1. The molecule has 0 aromatic heterocycles. The van der Waals surface area contributed by atoms with Crippen LogP contribution in [0.4, 0.5) is 0 Å². The zero-order valence-corrected chi connectivity index (χ0v) is 9.92. The van der Waals surface area contributed by atoms with Crippen molar-refractivity contribution in [1.82, 2.24) is 0 Å². The molecule has 17 heavy (non-hydrogen) atoms. The zero-order valence-electron chi connectivity index (χ0n) is 9.92. The highest BCUT2D eigenvalue weighted by atomic mass is 16.8. The van der Waals surface area contributed by atoms with Crippen LogP contribution in [0.3, 0.4) is 0 Å². The number of hydrogen-bond acceptors (Lipinski definition) is 3. The van der Waals surface area contributed by atoms with Gasteiger partial charge in [-0.1, -0.05) is 30.3 Å². The summed E-state index contributed by atoms with van der Waals surface area (Å²) in [6.07, 6.45) is -0.795. The van der Waals surface area contributed by atoms with Crippen molar-refractivity contribution in [2.45, 2.75) is 38.3 Å². The monoisotopic (exact) mass is 236 g/mol. The van der Waals surface area contributed by atoms with Crippen LogP contribution in [0, 0.1) is 0 Å². The molecule has 1 aromatic carbocycles. The first-order valence-electron chi connectivity index (χ1n) is 5.60. The van der Waals surface area contributed by atoms with Crippen LogP contribution in [0.2, 0.25) is 0 Å². The molecule has 1 aliphatic heterocycles. The molecule has 0 aliphatic carbocycles. The van der Waals surface area contributed by atoms with E-state index in [1.807, 2.05) is 30.3 Å². The third-order valence-electron chi connectivity index (χ3n) is 2.71. The molecule has 1 aliphatic rings. The highest BCUT2D eigenvalue weighted by molar-refractivity contribution is 5.73. The first kappa shape index (κ1) is 12.1. The summed E-state index contributed by atoms with van der Waals surface area (Å²) in [5.74, 6) is -1.81. The van der Waals surface area contributed by atoms with E-state index in [1.54, 1.807) is 13.8 Å². The van der Waals surface area contributed by atoms with E-state index in [2.05, 4.69) is 0 Å². The first-order valence-corrected chi connectivity index (χ1v) is 5.60. The lowest BCUT2D eigenvalue weighted by molar-refractivity contribution is -0.165. The Kier molecular flexibility index (Phi) is 3.17. The van der Waals surface area contributed by atoms with E-state index in [-0.39, 0.29) is 0 Å². The van der Waals surface area contributed by atoms with Gasteiger partial charge in [0.1, 0.15) is 6.10 Å². The van der Waals surface area contributed by atoms with E-state index >= 15 is 0 Å². The number of hydrogen-bond donors (Lipinski definition) is 1. The molecule has 4 heteroatoms. The van der Waals surface area contributed by atoms with Gasteiger partial charge >= 0.3 is 5.97 Å². The van der Waals surface area contributed by atoms with Gasteiger partial charge in [-0.05, 0) is 19.4 Å². The van der Waals surface area contributed by atoms with Gasteiger partial charge < -0.3 is 14.6 Å². The molecule has 0 spiro atoms. The van der Waals surface area contributed by atoms with E-state index < -0.39 is 24.0 Å². The quantitative estimate of drug-likeness (QED) is 0.870. The average Bonchev–Trinajstić information content (AvgIpc) is 2.55. The normalized spacial score (nSPS) is 26.9.